The molecule has 0 saturated heterocycles. The van der Waals surface area contributed by atoms with Crippen LogP contribution in [0.1, 0.15) is 13.3 Å². The zero-order valence-electron chi connectivity index (χ0n) is 18.8. The van der Waals surface area contributed by atoms with E-state index in [9.17, 15) is 0 Å². The van der Waals surface area contributed by atoms with Crippen LogP contribution in [0.2, 0.25) is 13.1 Å². The van der Waals surface area contributed by atoms with Crippen LogP contribution in [-0.4, -0.2) is 43.5 Å². The smallest absolute Gasteiger partial charge is 0.427 e. The van der Waals surface area contributed by atoms with Crippen LogP contribution in [0.4, 0.5) is 0 Å². The molecular weight excluding hydrogens is 453 g/mol. The van der Waals surface area contributed by atoms with E-state index in [2.05, 4.69) is 111 Å². The van der Waals surface area contributed by atoms with Gasteiger partial charge in [0.25, 0.3) is 8.32 Å². The Morgan fingerprint density at radius 2 is 1.16 bits per heavy atom. The van der Waals surface area contributed by atoms with Crippen molar-refractivity contribution in [1.29, 1.82) is 0 Å². The van der Waals surface area contributed by atoms with Gasteiger partial charge >= 0.3 is 18.1 Å². The molecule has 0 saturated carbocycles. The summed E-state index contributed by atoms with van der Waals surface area (Å²) in [4.78, 5) is 0. The van der Waals surface area contributed by atoms with Gasteiger partial charge in [-0.3, -0.25) is 0 Å². The Morgan fingerprint density at radius 3 is 1.52 bits per heavy atom. The van der Waals surface area contributed by atoms with Gasteiger partial charge in [0.05, 0.1) is 0 Å². The number of benzene rings is 3. The molecule has 1 unspecified atom stereocenters. The maximum atomic E-state index is 7.24. The summed E-state index contributed by atoms with van der Waals surface area (Å²) < 4.78 is 25.4. The van der Waals surface area contributed by atoms with E-state index in [1.54, 1.807) is 0 Å². The van der Waals surface area contributed by atoms with Gasteiger partial charge in [-0.05, 0) is 35.1 Å². The molecule has 0 bridgehead atoms. The first kappa shape index (κ1) is 24.0. The van der Waals surface area contributed by atoms with E-state index in [-0.39, 0.29) is 0 Å². The minimum Gasteiger partial charge on any atom is -0.427 e. The second-order valence-electron chi connectivity index (χ2n) is 7.79. The average molecular weight is 485 g/mol. The lowest BCUT2D eigenvalue weighted by Crippen LogP contribution is -2.73. The van der Waals surface area contributed by atoms with Crippen LogP contribution >= 0.6 is 0 Å². The molecule has 0 amide bonds. The molecule has 0 fully saturated rings. The van der Waals surface area contributed by atoms with Crippen LogP contribution < -0.4 is 15.6 Å². The van der Waals surface area contributed by atoms with Gasteiger partial charge in [-0.15, -0.1) is 0 Å². The third-order valence-corrected chi connectivity index (χ3v) is 16.7. The normalized spacial score (nSPS) is 13.3. The van der Waals surface area contributed by atoms with E-state index in [1.807, 2.05) is 0 Å². The summed E-state index contributed by atoms with van der Waals surface area (Å²) in [6, 6.07) is 31.8. The predicted octanol–water partition coefficient (Wildman–Crippen LogP) is 1.83. The van der Waals surface area contributed by atoms with E-state index >= 15 is 0 Å². The third kappa shape index (κ3) is 5.99. The Bertz CT molecular complexity index is 814. The van der Waals surface area contributed by atoms with E-state index in [4.69, 9.17) is 16.8 Å². The van der Waals surface area contributed by atoms with Gasteiger partial charge in [0, 0.05) is 6.61 Å². The standard InChI is InChI=1S/C23H32O4Si4/c1-4-20-24-29(25-28)26-30(2,3)27-31(21-14-8-5-9-15-21,22-16-10-6-11-17-22)23-18-12-7-13-19-23/h5-19,29H,4,20H2,1-3,28H3. The summed E-state index contributed by atoms with van der Waals surface area (Å²) in [7, 11) is -7.05. The predicted molar refractivity (Wildman–Crippen MR) is 138 cm³/mol. The highest BCUT2D eigenvalue weighted by Gasteiger charge is 2.48. The Balaban J connectivity index is 2.11. The molecule has 0 aromatic heterocycles. The first-order valence-corrected chi connectivity index (χ1v) is 17.7. The largest absolute Gasteiger partial charge is 0.464 e. The summed E-state index contributed by atoms with van der Waals surface area (Å²) >= 11 is 0. The molecule has 8 heteroatoms. The molecule has 0 aliphatic rings. The SMILES string of the molecule is CCCO[SiH](O[SiH3])O[Si](C)(C)O[Si](c1ccccc1)(c1ccccc1)c1ccccc1. The summed E-state index contributed by atoms with van der Waals surface area (Å²) in [6.07, 6.45) is 0.942. The van der Waals surface area contributed by atoms with Gasteiger partial charge in [0.15, 0.2) is 0 Å². The Morgan fingerprint density at radius 1 is 0.742 bits per heavy atom. The van der Waals surface area contributed by atoms with Crippen LogP contribution in [0.5, 0.6) is 0 Å². The van der Waals surface area contributed by atoms with Crippen LogP contribution in [0.3, 0.4) is 0 Å². The summed E-state index contributed by atoms with van der Waals surface area (Å²) in [5.41, 5.74) is 0. The highest BCUT2D eigenvalue weighted by atomic mass is 28.5. The molecule has 4 nitrogen and oxygen atoms in total. The highest BCUT2D eigenvalue weighted by molar-refractivity contribution is 7.10. The van der Waals surface area contributed by atoms with Crippen molar-refractivity contribution >= 4 is 52.5 Å². The monoisotopic (exact) mass is 484 g/mol. The first-order valence-electron chi connectivity index (χ1n) is 10.7. The lowest BCUT2D eigenvalue weighted by molar-refractivity contribution is 0.191. The molecule has 0 aliphatic heterocycles. The molecule has 0 heterocycles. The minimum atomic E-state index is -2.81. The second-order valence-corrected chi connectivity index (χ2v) is 18.2. The molecular formula is C23H32O4Si4. The van der Waals surface area contributed by atoms with Crippen LogP contribution in [0.25, 0.3) is 0 Å². The quantitative estimate of drug-likeness (QED) is 0.307. The van der Waals surface area contributed by atoms with Gasteiger partial charge in [-0.1, -0.05) is 97.9 Å². The molecule has 0 spiro atoms. The Labute approximate surface area is 193 Å². The van der Waals surface area contributed by atoms with Crippen molar-refractivity contribution in [3.63, 3.8) is 0 Å². The molecule has 31 heavy (non-hydrogen) atoms. The maximum absolute atomic E-state index is 7.24. The number of hydrogen-bond donors (Lipinski definition) is 0. The highest BCUT2D eigenvalue weighted by Crippen LogP contribution is 2.19. The van der Waals surface area contributed by atoms with Gasteiger partial charge in [0.2, 0.25) is 0 Å². The van der Waals surface area contributed by atoms with E-state index in [0.717, 1.165) is 6.42 Å². The van der Waals surface area contributed by atoms with Crippen molar-refractivity contribution in [2.45, 2.75) is 26.4 Å². The van der Waals surface area contributed by atoms with Gasteiger partial charge in [-0.2, -0.15) is 0 Å². The topological polar surface area (TPSA) is 36.9 Å². The van der Waals surface area contributed by atoms with Crippen molar-refractivity contribution in [3.05, 3.63) is 91.0 Å². The summed E-state index contributed by atoms with van der Waals surface area (Å²) in [5.74, 6) is 0. The molecule has 0 radical (unpaired) electrons. The molecule has 3 aromatic carbocycles. The fraction of sp³-hybridized carbons (Fsp3) is 0.217. The van der Waals surface area contributed by atoms with Crippen molar-refractivity contribution in [1.82, 2.24) is 0 Å². The first-order chi connectivity index (χ1) is 15.0. The maximum Gasteiger partial charge on any atom is 0.464 e. The Kier molecular flexibility index (Phi) is 8.75. The fourth-order valence-electron chi connectivity index (χ4n) is 3.68. The molecule has 0 N–H and O–H groups in total. The lowest BCUT2D eigenvalue weighted by Gasteiger charge is -2.40. The molecule has 164 valence electrons. The van der Waals surface area contributed by atoms with Crippen molar-refractivity contribution in [3.8, 4) is 0 Å². The molecule has 3 aromatic rings. The Hall–Kier alpha value is -1.63. The van der Waals surface area contributed by atoms with Crippen molar-refractivity contribution < 1.29 is 16.8 Å². The molecule has 1 atom stereocenters. The minimum absolute atomic E-state index is 0.591. The zero-order valence-corrected chi connectivity index (χ0v) is 23.9. The number of rotatable bonds is 11. The summed E-state index contributed by atoms with van der Waals surface area (Å²) in [5, 5.41) is 3.61. The van der Waals surface area contributed by atoms with Crippen molar-refractivity contribution in [2.24, 2.45) is 0 Å². The number of hydrogen-bond acceptors (Lipinski definition) is 4. The van der Waals surface area contributed by atoms with E-state index < -0.39 is 26.4 Å². The van der Waals surface area contributed by atoms with Gasteiger partial charge < -0.3 is 16.8 Å². The molecule has 0 aliphatic carbocycles. The van der Waals surface area contributed by atoms with Crippen LogP contribution in [-0.2, 0) is 16.8 Å². The van der Waals surface area contributed by atoms with Gasteiger partial charge in [0.1, 0.15) is 10.5 Å². The second kappa shape index (κ2) is 11.3. The van der Waals surface area contributed by atoms with Gasteiger partial charge in [-0.25, -0.2) is 0 Å². The molecule has 3 rings (SSSR count). The van der Waals surface area contributed by atoms with Crippen molar-refractivity contribution in [2.75, 3.05) is 6.61 Å². The lowest BCUT2D eigenvalue weighted by atomic mass is 10.3. The zero-order chi connectivity index (χ0) is 22.2. The summed E-state index contributed by atoms with van der Waals surface area (Å²) in [6.45, 7) is 6.97. The fourth-order valence-corrected chi connectivity index (χ4v) is 16.0. The average Bonchev–Trinajstić information content (AvgIpc) is 2.82. The van der Waals surface area contributed by atoms with Crippen LogP contribution in [0, 0.1) is 0 Å². The van der Waals surface area contributed by atoms with Crippen LogP contribution in [0.15, 0.2) is 91.0 Å². The third-order valence-electron chi connectivity index (χ3n) is 4.97. The van der Waals surface area contributed by atoms with E-state index in [1.165, 1.54) is 15.6 Å². The van der Waals surface area contributed by atoms with E-state index in [0.29, 0.717) is 17.1 Å².